The zero-order valence-electron chi connectivity index (χ0n) is 18.9. The summed E-state index contributed by atoms with van der Waals surface area (Å²) in [7, 11) is 0. The lowest BCUT2D eigenvalue weighted by Crippen LogP contribution is -2.35. The molecule has 1 unspecified atom stereocenters. The number of amides is 2. The first-order valence-electron chi connectivity index (χ1n) is 10.4. The smallest absolute Gasteiger partial charge is 0.396 e. The van der Waals surface area contributed by atoms with Gasteiger partial charge in [0, 0.05) is 6.04 Å². The van der Waals surface area contributed by atoms with Crippen molar-refractivity contribution in [3.05, 3.63) is 36.4 Å². The van der Waals surface area contributed by atoms with Gasteiger partial charge in [-0.15, -0.1) is 0 Å². The van der Waals surface area contributed by atoms with E-state index in [2.05, 4.69) is 20.5 Å². The lowest BCUT2D eigenvalue weighted by molar-refractivity contribution is -0.142. The molecule has 0 spiro atoms. The second kappa shape index (κ2) is 14.3. The van der Waals surface area contributed by atoms with Crippen LogP contribution in [-0.2, 0) is 9.68 Å². The van der Waals surface area contributed by atoms with Crippen LogP contribution in [0.25, 0.3) is 0 Å². The number of hydrogen-bond acceptors (Lipinski definition) is 10. The monoisotopic (exact) mass is 462 g/mol. The van der Waals surface area contributed by atoms with Gasteiger partial charge < -0.3 is 39.3 Å². The number of nitrogen functional groups attached to an aromatic ring is 3. The maximum Gasteiger partial charge on any atom is 0.450 e. The Kier molecular flexibility index (Phi) is 11.8. The van der Waals surface area contributed by atoms with E-state index in [-0.39, 0.29) is 17.8 Å². The normalized spacial score (nSPS) is 11.1. The number of pyridine rings is 1. The predicted molar refractivity (Wildman–Crippen MR) is 129 cm³/mol. The molecule has 0 aliphatic carbocycles. The molecular formula is C21H34N8O4. The highest BCUT2D eigenvalue weighted by Crippen LogP contribution is 2.19. The van der Waals surface area contributed by atoms with Crippen molar-refractivity contribution in [3.63, 3.8) is 0 Å². The third kappa shape index (κ3) is 10.9. The number of carbonyl (C=O) groups is 2. The molecule has 0 saturated heterocycles. The number of unbranched alkanes of at least 4 members (excludes halogenated alkanes) is 1. The van der Waals surface area contributed by atoms with E-state index >= 15 is 0 Å². The van der Waals surface area contributed by atoms with Gasteiger partial charge >= 0.3 is 6.09 Å². The lowest BCUT2D eigenvalue weighted by Gasteiger charge is -2.12. The molecule has 1 heterocycles. The summed E-state index contributed by atoms with van der Waals surface area (Å²) < 4.78 is 0. The summed E-state index contributed by atoms with van der Waals surface area (Å²) in [5.41, 5.74) is 28.5. The first-order chi connectivity index (χ1) is 15.6. The van der Waals surface area contributed by atoms with E-state index in [1.807, 2.05) is 13.8 Å². The standard InChI is InChI=1S/C11H20N6O.C10H14N2O3/c12-6-2-1-3-8(14)11(18)17-9-5-4-7(13)10(15)16-9;1-7(2)12-10(13)15-14-9-6-4-3-5-8(9)11/h4-5,8H,1-3,6,12-14H2,(H3,15,16,17,18);3-7H,11H2,1-2H3,(H,12,13). The average Bonchev–Trinajstić information content (AvgIpc) is 2.76. The van der Waals surface area contributed by atoms with Crippen LogP contribution in [0.2, 0.25) is 0 Å². The Bertz CT molecular complexity index is 894. The topological polar surface area (TPSA) is 220 Å². The number of benzene rings is 1. The maximum atomic E-state index is 11.7. The van der Waals surface area contributed by atoms with Crippen molar-refractivity contribution >= 4 is 35.0 Å². The lowest BCUT2D eigenvalue weighted by atomic mass is 10.1. The molecule has 12 N–H and O–H groups in total. The minimum atomic E-state index is -0.645. The quantitative estimate of drug-likeness (QED) is 0.123. The third-order valence-electron chi connectivity index (χ3n) is 4.05. The van der Waals surface area contributed by atoms with E-state index in [0.717, 1.165) is 12.8 Å². The summed E-state index contributed by atoms with van der Waals surface area (Å²) in [5, 5.41) is 5.10. The number of anilines is 4. The van der Waals surface area contributed by atoms with Gasteiger partial charge in [0.15, 0.2) is 0 Å². The average molecular weight is 463 g/mol. The van der Waals surface area contributed by atoms with Crippen LogP contribution in [0, 0.1) is 0 Å². The van der Waals surface area contributed by atoms with Crippen molar-refractivity contribution in [1.82, 2.24) is 10.3 Å². The van der Waals surface area contributed by atoms with Crippen LogP contribution < -0.4 is 44.2 Å². The molecular weight excluding hydrogens is 428 g/mol. The fraction of sp³-hybridized carbons (Fsp3) is 0.381. The van der Waals surface area contributed by atoms with E-state index in [9.17, 15) is 9.59 Å². The molecule has 182 valence electrons. The van der Waals surface area contributed by atoms with Crippen molar-refractivity contribution in [3.8, 4) is 5.75 Å². The molecule has 12 heteroatoms. The first-order valence-corrected chi connectivity index (χ1v) is 10.4. The maximum absolute atomic E-state index is 11.7. The van der Waals surface area contributed by atoms with E-state index in [0.29, 0.717) is 35.9 Å². The Morgan fingerprint density at radius 2 is 1.73 bits per heavy atom. The molecule has 2 amide bonds. The highest BCUT2D eigenvalue weighted by atomic mass is 17.2. The Morgan fingerprint density at radius 3 is 2.33 bits per heavy atom. The Hall–Kier alpha value is -3.77. The molecule has 33 heavy (non-hydrogen) atoms. The van der Waals surface area contributed by atoms with Gasteiger partial charge in [0.25, 0.3) is 0 Å². The van der Waals surface area contributed by atoms with Crippen molar-refractivity contribution in [2.24, 2.45) is 11.5 Å². The van der Waals surface area contributed by atoms with Crippen molar-refractivity contribution in [2.45, 2.75) is 45.2 Å². The number of hydrogen-bond donors (Lipinski definition) is 7. The van der Waals surface area contributed by atoms with Crippen molar-refractivity contribution in [1.29, 1.82) is 0 Å². The zero-order valence-corrected chi connectivity index (χ0v) is 18.9. The minimum Gasteiger partial charge on any atom is -0.396 e. The van der Waals surface area contributed by atoms with Gasteiger partial charge in [-0.25, -0.2) is 14.7 Å². The molecule has 0 aliphatic heterocycles. The number of aromatic nitrogens is 1. The van der Waals surface area contributed by atoms with Gasteiger partial charge in [-0.2, -0.15) is 0 Å². The van der Waals surface area contributed by atoms with Gasteiger partial charge in [0.05, 0.1) is 17.4 Å². The second-order valence-corrected chi connectivity index (χ2v) is 7.34. The van der Waals surface area contributed by atoms with Gasteiger partial charge in [-0.05, 0) is 57.5 Å². The number of carbonyl (C=O) groups excluding carboxylic acids is 2. The van der Waals surface area contributed by atoms with Crippen LogP contribution in [0.3, 0.4) is 0 Å². The van der Waals surface area contributed by atoms with E-state index in [4.69, 9.17) is 33.6 Å². The summed E-state index contributed by atoms with van der Waals surface area (Å²) in [5.74, 6) is 0.561. The van der Waals surface area contributed by atoms with E-state index < -0.39 is 12.1 Å². The highest BCUT2D eigenvalue weighted by molar-refractivity contribution is 5.94. The van der Waals surface area contributed by atoms with E-state index in [1.54, 1.807) is 36.4 Å². The summed E-state index contributed by atoms with van der Waals surface area (Å²) in [6.07, 6.45) is 1.62. The van der Waals surface area contributed by atoms with Gasteiger partial charge in [0.1, 0.15) is 11.6 Å². The molecule has 1 atom stereocenters. The Labute approximate surface area is 193 Å². The van der Waals surface area contributed by atoms with Crippen LogP contribution in [0.5, 0.6) is 5.75 Å². The van der Waals surface area contributed by atoms with Crippen LogP contribution in [0.1, 0.15) is 33.1 Å². The van der Waals surface area contributed by atoms with Crippen molar-refractivity contribution < 1.29 is 19.4 Å². The molecule has 2 rings (SSSR count). The molecule has 12 nitrogen and oxygen atoms in total. The molecule has 2 aromatic rings. The zero-order chi connectivity index (χ0) is 24.8. The molecule has 0 aliphatic rings. The second-order valence-electron chi connectivity index (χ2n) is 7.34. The fourth-order valence-electron chi connectivity index (χ4n) is 2.31. The molecule has 0 saturated carbocycles. The summed E-state index contributed by atoms with van der Waals surface area (Å²) in [6, 6.07) is 9.34. The third-order valence-corrected chi connectivity index (χ3v) is 4.05. The Balaban J connectivity index is 0.000000335. The summed E-state index contributed by atoms with van der Waals surface area (Å²) in [6.45, 7) is 4.24. The molecule has 1 aromatic heterocycles. The Morgan fingerprint density at radius 1 is 1.03 bits per heavy atom. The minimum absolute atomic E-state index is 0.00535. The summed E-state index contributed by atoms with van der Waals surface area (Å²) >= 11 is 0. The number of para-hydroxylation sites is 2. The molecule has 0 fully saturated rings. The number of nitrogens with one attached hydrogen (secondary N) is 2. The van der Waals surface area contributed by atoms with Gasteiger partial charge in [-0.1, -0.05) is 18.6 Å². The fourth-order valence-corrected chi connectivity index (χ4v) is 2.31. The van der Waals surface area contributed by atoms with Gasteiger partial charge in [0.2, 0.25) is 11.7 Å². The highest BCUT2D eigenvalue weighted by Gasteiger charge is 2.14. The molecule has 1 aromatic carbocycles. The molecule has 0 radical (unpaired) electrons. The summed E-state index contributed by atoms with van der Waals surface area (Å²) in [4.78, 5) is 36.0. The predicted octanol–water partition coefficient (Wildman–Crippen LogP) is 1.34. The number of rotatable bonds is 9. The largest absolute Gasteiger partial charge is 0.450 e. The van der Waals surface area contributed by atoms with Crippen LogP contribution in [0.4, 0.5) is 27.8 Å². The van der Waals surface area contributed by atoms with Crippen LogP contribution in [0.15, 0.2) is 36.4 Å². The van der Waals surface area contributed by atoms with E-state index in [1.165, 1.54) is 0 Å². The van der Waals surface area contributed by atoms with Crippen LogP contribution in [-0.4, -0.2) is 35.6 Å². The first kappa shape index (κ1) is 27.3. The van der Waals surface area contributed by atoms with Gasteiger partial charge in [-0.3, -0.25) is 9.68 Å². The number of nitrogens with zero attached hydrogens (tertiary/aromatic N) is 1. The SMILES string of the molecule is CC(C)NC(=O)OOc1ccccc1N.NCCCCC(N)C(=O)Nc1ccc(N)c(N)n1. The van der Waals surface area contributed by atoms with Crippen LogP contribution >= 0.6 is 0 Å². The molecule has 0 bridgehead atoms. The van der Waals surface area contributed by atoms with Crippen molar-refractivity contribution in [2.75, 3.05) is 29.1 Å². The number of nitrogens with two attached hydrogens (primary N) is 5.